The van der Waals surface area contributed by atoms with Crippen LogP contribution < -0.4 is 5.73 Å². The van der Waals surface area contributed by atoms with E-state index in [1.165, 1.54) is 11.1 Å². The van der Waals surface area contributed by atoms with Crippen LogP contribution in [0.4, 0.5) is 4.79 Å². The Bertz CT molecular complexity index is 591. The Balaban J connectivity index is 1.77. The Morgan fingerprint density at radius 3 is 2.74 bits per heavy atom. The van der Waals surface area contributed by atoms with Crippen molar-refractivity contribution in [2.24, 2.45) is 10.7 Å². The van der Waals surface area contributed by atoms with Crippen LogP contribution >= 0.6 is 0 Å². The minimum Gasteiger partial charge on any atom is -0.385 e. The smallest absolute Gasteiger partial charge is 0.346 e. The average molecular weight is 255 g/mol. The molecular weight excluding hydrogens is 238 g/mol. The summed E-state index contributed by atoms with van der Waals surface area (Å²) in [6, 6.07) is 8.70. The number of fused-ring (bicyclic) bond motifs is 1. The summed E-state index contributed by atoms with van der Waals surface area (Å²) in [5.74, 6) is 0.527. The van der Waals surface area contributed by atoms with Crippen molar-refractivity contribution in [3.05, 3.63) is 35.4 Å². The van der Waals surface area contributed by atoms with Gasteiger partial charge in [-0.05, 0) is 36.8 Å². The summed E-state index contributed by atoms with van der Waals surface area (Å²) >= 11 is 0. The van der Waals surface area contributed by atoms with Crippen molar-refractivity contribution in [1.82, 2.24) is 4.90 Å². The molecule has 0 aromatic heterocycles. The van der Waals surface area contributed by atoms with Crippen molar-refractivity contribution in [2.75, 3.05) is 0 Å². The molecular formula is C15H17N3O. The molecule has 1 unspecified atom stereocenters. The second kappa shape index (κ2) is 3.59. The topological polar surface area (TPSA) is 58.7 Å². The number of nitrogens with two attached hydrogens (primary N) is 1. The van der Waals surface area contributed by atoms with Crippen molar-refractivity contribution < 1.29 is 4.79 Å². The Morgan fingerprint density at radius 2 is 2.00 bits per heavy atom. The molecule has 2 N–H and O–H groups in total. The van der Waals surface area contributed by atoms with Gasteiger partial charge in [0.25, 0.3) is 0 Å². The number of aryl methyl sites for hydroxylation is 1. The van der Waals surface area contributed by atoms with Crippen LogP contribution in [0.1, 0.15) is 30.4 Å². The molecule has 19 heavy (non-hydrogen) atoms. The number of rotatable bonds is 1. The molecule has 0 saturated heterocycles. The Morgan fingerprint density at radius 1 is 1.26 bits per heavy atom. The Hall–Kier alpha value is -1.84. The lowest BCUT2D eigenvalue weighted by atomic mass is 9.76. The Labute approximate surface area is 112 Å². The lowest BCUT2D eigenvalue weighted by molar-refractivity contribution is 0.155. The fraction of sp³-hybridized carbons (Fsp3) is 0.467. The number of nitrogens with zero attached hydrogens (tertiary/aromatic N) is 2. The van der Waals surface area contributed by atoms with Gasteiger partial charge in [0.15, 0.2) is 0 Å². The van der Waals surface area contributed by atoms with E-state index in [2.05, 4.69) is 29.3 Å². The monoisotopic (exact) mass is 255 g/mol. The third kappa shape index (κ3) is 1.46. The van der Waals surface area contributed by atoms with E-state index in [0.717, 1.165) is 32.1 Å². The van der Waals surface area contributed by atoms with Gasteiger partial charge in [0.2, 0.25) is 0 Å². The molecule has 1 aliphatic heterocycles. The van der Waals surface area contributed by atoms with Crippen molar-refractivity contribution in [1.29, 1.82) is 0 Å². The van der Waals surface area contributed by atoms with Crippen molar-refractivity contribution in [3.63, 3.8) is 0 Å². The van der Waals surface area contributed by atoms with Crippen molar-refractivity contribution >= 4 is 11.9 Å². The molecule has 4 rings (SSSR count). The van der Waals surface area contributed by atoms with E-state index >= 15 is 0 Å². The first-order valence-electron chi connectivity index (χ1n) is 6.95. The predicted octanol–water partition coefficient (Wildman–Crippen LogP) is 1.87. The molecule has 1 fully saturated rings. The predicted molar refractivity (Wildman–Crippen MR) is 73.1 cm³/mol. The summed E-state index contributed by atoms with van der Waals surface area (Å²) < 4.78 is 0. The summed E-state index contributed by atoms with van der Waals surface area (Å²) in [5, 5.41) is 0. The van der Waals surface area contributed by atoms with E-state index in [4.69, 9.17) is 5.73 Å². The first-order valence-corrected chi connectivity index (χ1v) is 6.95. The zero-order valence-electron chi connectivity index (χ0n) is 10.8. The van der Waals surface area contributed by atoms with E-state index in [-0.39, 0.29) is 11.6 Å². The highest BCUT2D eigenvalue weighted by Gasteiger charge is 2.54. The summed E-state index contributed by atoms with van der Waals surface area (Å²) in [7, 11) is 0. The molecule has 3 aliphatic rings. The number of carbonyl (C=O) groups excluding carboxylic acids is 1. The van der Waals surface area contributed by atoms with Gasteiger partial charge in [0, 0.05) is 12.5 Å². The first-order chi connectivity index (χ1) is 9.21. The summed E-state index contributed by atoms with van der Waals surface area (Å²) in [5.41, 5.74) is 8.49. The molecule has 0 radical (unpaired) electrons. The largest absolute Gasteiger partial charge is 0.385 e. The van der Waals surface area contributed by atoms with E-state index in [1.807, 2.05) is 4.90 Å². The average Bonchev–Trinajstić information content (AvgIpc) is 3.19. The molecule has 4 heteroatoms. The number of hydrogen-bond acceptors (Lipinski definition) is 2. The number of amidine groups is 1. The van der Waals surface area contributed by atoms with Gasteiger partial charge in [-0.2, -0.15) is 4.99 Å². The second-order valence-corrected chi connectivity index (χ2v) is 5.86. The first kappa shape index (κ1) is 11.0. The highest BCUT2D eigenvalue weighted by atomic mass is 16.2. The third-order valence-corrected chi connectivity index (χ3v) is 4.68. The summed E-state index contributed by atoms with van der Waals surface area (Å²) in [6.45, 7) is 0. The standard InChI is InChI=1S/C15H17N3O/c16-13-15(18(12-5-6-12)14(19)17-13)8-7-10-3-1-2-4-11(10)9-15/h1-4,12H,5-9H2,(H2,16,17,19). The van der Waals surface area contributed by atoms with E-state index < -0.39 is 0 Å². The number of hydrogen-bond donors (Lipinski definition) is 1. The van der Waals surface area contributed by atoms with Gasteiger partial charge in [0.1, 0.15) is 11.4 Å². The molecule has 1 aromatic carbocycles. The maximum atomic E-state index is 12.1. The number of urea groups is 1. The maximum absolute atomic E-state index is 12.1. The zero-order chi connectivity index (χ0) is 13.0. The van der Waals surface area contributed by atoms with Crippen LogP contribution in [0.5, 0.6) is 0 Å². The molecule has 98 valence electrons. The van der Waals surface area contributed by atoms with Crippen LogP contribution in [0.2, 0.25) is 0 Å². The highest BCUT2D eigenvalue weighted by molar-refractivity contribution is 6.06. The van der Waals surface area contributed by atoms with Crippen LogP contribution in [0.15, 0.2) is 29.3 Å². The number of carbonyl (C=O) groups is 1. The van der Waals surface area contributed by atoms with Crippen LogP contribution in [-0.4, -0.2) is 28.3 Å². The van der Waals surface area contributed by atoms with Gasteiger partial charge in [0.05, 0.1) is 0 Å². The van der Waals surface area contributed by atoms with Gasteiger partial charge >= 0.3 is 6.03 Å². The Kier molecular flexibility index (Phi) is 2.08. The zero-order valence-corrected chi connectivity index (χ0v) is 10.8. The normalized spacial score (nSPS) is 29.6. The number of aliphatic imine (C=N–C) groups is 1. The van der Waals surface area contributed by atoms with Crippen molar-refractivity contribution in [3.8, 4) is 0 Å². The maximum Gasteiger partial charge on any atom is 0.346 e. The van der Waals surface area contributed by atoms with Gasteiger partial charge in [-0.25, -0.2) is 4.79 Å². The highest BCUT2D eigenvalue weighted by Crippen LogP contribution is 2.43. The van der Waals surface area contributed by atoms with Gasteiger partial charge in [-0.3, -0.25) is 0 Å². The SMILES string of the molecule is NC1=NC(=O)N(C2CC2)C12CCc1ccccc1C2. The molecule has 1 heterocycles. The van der Waals surface area contributed by atoms with Gasteiger partial charge in [-0.1, -0.05) is 24.3 Å². The molecule has 2 aliphatic carbocycles. The molecule has 1 spiro atoms. The lowest BCUT2D eigenvalue weighted by Crippen LogP contribution is -2.58. The molecule has 2 amide bonds. The number of amides is 2. The van der Waals surface area contributed by atoms with E-state index in [0.29, 0.717) is 11.9 Å². The van der Waals surface area contributed by atoms with Crippen LogP contribution in [0, 0.1) is 0 Å². The second-order valence-electron chi connectivity index (χ2n) is 5.86. The minimum absolute atomic E-state index is 0.126. The third-order valence-electron chi connectivity index (χ3n) is 4.68. The van der Waals surface area contributed by atoms with E-state index in [1.54, 1.807) is 0 Å². The number of benzene rings is 1. The van der Waals surface area contributed by atoms with Crippen LogP contribution in [-0.2, 0) is 12.8 Å². The molecule has 1 saturated carbocycles. The molecule has 4 nitrogen and oxygen atoms in total. The van der Waals surface area contributed by atoms with Gasteiger partial charge in [-0.15, -0.1) is 0 Å². The summed E-state index contributed by atoms with van der Waals surface area (Å²) in [4.78, 5) is 18.1. The fourth-order valence-electron chi connectivity index (χ4n) is 3.55. The quantitative estimate of drug-likeness (QED) is 0.832. The molecule has 0 bridgehead atoms. The van der Waals surface area contributed by atoms with E-state index in [9.17, 15) is 4.79 Å². The molecule has 1 atom stereocenters. The van der Waals surface area contributed by atoms with Crippen molar-refractivity contribution in [2.45, 2.75) is 43.7 Å². The van der Waals surface area contributed by atoms with Gasteiger partial charge < -0.3 is 10.6 Å². The van der Waals surface area contributed by atoms with Crippen LogP contribution in [0.3, 0.4) is 0 Å². The lowest BCUT2D eigenvalue weighted by Gasteiger charge is -2.41. The fourth-order valence-corrected chi connectivity index (χ4v) is 3.55. The molecule has 1 aromatic rings. The van der Waals surface area contributed by atoms with Crippen LogP contribution in [0.25, 0.3) is 0 Å². The summed E-state index contributed by atoms with van der Waals surface area (Å²) in [6.07, 6.45) is 4.89. The minimum atomic E-state index is -0.341.